The number of thioether (sulfide) groups is 1. The van der Waals surface area contributed by atoms with Crippen molar-refractivity contribution in [3.05, 3.63) is 63.1 Å². The van der Waals surface area contributed by atoms with E-state index < -0.39 is 5.25 Å². The van der Waals surface area contributed by atoms with E-state index in [1.165, 1.54) is 18.3 Å². The molecule has 0 aromatic heterocycles. The Hall–Kier alpha value is -2.35. The molecule has 144 valence electrons. The number of phenols is 1. The SMILES string of the molecule is Cc1cc(C(=O)CC2S/C(=N\N=C\c3cc(Cl)ccc3O)NC2=O)ccc1Cl. The number of carbonyl (C=O) groups excluding carboxylic acids is 2. The van der Waals surface area contributed by atoms with Crippen molar-refractivity contribution in [1.29, 1.82) is 0 Å². The number of rotatable bonds is 5. The van der Waals surface area contributed by atoms with Gasteiger partial charge < -0.3 is 10.4 Å². The highest BCUT2D eigenvalue weighted by molar-refractivity contribution is 8.15. The largest absolute Gasteiger partial charge is 0.507 e. The fourth-order valence-corrected chi connectivity index (χ4v) is 3.69. The number of carbonyl (C=O) groups is 2. The number of halogens is 2. The topological polar surface area (TPSA) is 91.1 Å². The van der Waals surface area contributed by atoms with Crippen LogP contribution in [0.2, 0.25) is 10.0 Å². The van der Waals surface area contributed by atoms with Crippen LogP contribution < -0.4 is 5.32 Å². The Kier molecular flexibility index (Phi) is 6.39. The van der Waals surface area contributed by atoms with E-state index in [1.807, 2.05) is 6.92 Å². The Morgan fingerprint density at radius 1 is 1.29 bits per heavy atom. The number of nitrogens with one attached hydrogen (secondary N) is 1. The zero-order chi connectivity index (χ0) is 20.3. The fraction of sp³-hybridized carbons (Fsp3) is 0.158. The minimum Gasteiger partial charge on any atom is -0.507 e. The summed E-state index contributed by atoms with van der Waals surface area (Å²) in [6.07, 6.45) is 1.37. The summed E-state index contributed by atoms with van der Waals surface area (Å²) in [5.74, 6) is -0.442. The molecule has 6 nitrogen and oxygen atoms in total. The van der Waals surface area contributed by atoms with Gasteiger partial charge in [-0.25, -0.2) is 0 Å². The molecule has 28 heavy (non-hydrogen) atoms. The first kappa shape index (κ1) is 20.4. The van der Waals surface area contributed by atoms with Crippen LogP contribution in [0.4, 0.5) is 0 Å². The smallest absolute Gasteiger partial charge is 0.240 e. The van der Waals surface area contributed by atoms with E-state index in [1.54, 1.807) is 24.3 Å². The van der Waals surface area contributed by atoms with Crippen molar-refractivity contribution in [2.24, 2.45) is 10.2 Å². The van der Waals surface area contributed by atoms with Gasteiger partial charge in [0.15, 0.2) is 11.0 Å². The molecule has 1 heterocycles. The first-order chi connectivity index (χ1) is 13.3. The molecule has 0 spiro atoms. The summed E-state index contributed by atoms with van der Waals surface area (Å²) in [5, 5.41) is 20.9. The summed E-state index contributed by atoms with van der Waals surface area (Å²) in [4.78, 5) is 24.5. The minimum atomic E-state index is -0.586. The number of ketones is 1. The van der Waals surface area contributed by atoms with E-state index in [0.717, 1.165) is 17.3 Å². The van der Waals surface area contributed by atoms with E-state index in [-0.39, 0.29) is 29.0 Å². The molecule has 1 unspecified atom stereocenters. The normalized spacial score (nSPS) is 18.0. The van der Waals surface area contributed by atoms with Crippen LogP contribution >= 0.6 is 35.0 Å². The van der Waals surface area contributed by atoms with E-state index in [0.29, 0.717) is 21.2 Å². The highest BCUT2D eigenvalue weighted by atomic mass is 35.5. The maximum absolute atomic E-state index is 12.4. The number of nitrogens with zero attached hydrogens (tertiary/aromatic N) is 2. The molecule has 1 atom stereocenters. The van der Waals surface area contributed by atoms with Gasteiger partial charge in [0, 0.05) is 27.6 Å². The summed E-state index contributed by atoms with van der Waals surface area (Å²) in [6, 6.07) is 9.56. The predicted molar refractivity (Wildman–Crippen MR) is 113 cm³/mol. The van der Waals surface area contributed by atoms with Crippen molar-refractivity contribution in [2.75, 3.05) is 0 Å². The maximum atomic E-state index is 12.4. The molecule has 1 fully saturated rings. The lowest BCUT2D eigenvalue weighted by Crippen LogP contribution is -2.26. The van der Waals surface area contributed by atoms with E-state index in [4.69, 9.17) is 23.2 Å². The number of aryl methyl sites for hydroxylation is 1. The second-order valence-electron chi connectivity index (χ2n) is 6.04. The third kappa shape index (κ3) is 4.92. The average molecular weight is 436 g/mol. The number of hydrogen-bond donors (Lipinski definition) is 2. The van der Waals surface area contributed by atoms with Gasteiger partial charge in [0.05, 0.1) is 11.5 Å². The Balaban J connectivity index is 1.65. The van der Waals surface area contributed by atoms with Gasteiger partial charge in [-0.15, -0.1) is 5.10 Å². The highest BCUT2D eigenvalue weighted by Crippen LogP contribution is 2.25. The number of Topliss-reactive ketones (excluding diaryl/α,β-unsaturated/α-hetero) is 1. The molecule has 2 aromatic carbocycles. The van der Waals surface area contributed by atoms with Gasteiger partial charge in [0.25, 0.3) is 0 Å². The fourth-order valence-electron chi connectivity index (χ4n) is 2.46. The van der Waals surface area contributed by atoms with Crippen LogP contribution in [-0.2, 0) is 4.79 Å². The molecule has 3 rings (SSSR count). The Bertz CT molecular complexity index is 1010. The van der Waals surface area contributed by atoms with Gasteiger partial charge in [-0.2, -0.15) is 5.10 Å². The highest BCUT2D eigenvalue weighted by Gasteiger charge is 2.32. The lowest BCUT2D eigenvalue weighted by molar-refractivity contribution is -0.118. The van der Waals surface area contributed by atoms with Crippen LogP contribution in [0.5, 0.6) is 5.75 Å². The molecule has 1 amide bonds. The average Bonchev–Trinajstić information content (AvgIpc) is 2.99. The number of amides is 1. The van der Waals surface area contributed by atoms with Gasteiger partial charge in [-0.3, -0.25) is 9.59 Å². The van der Waals surface area contributed by atoms with E-state index in [9.17, 15) is 14.7 Å². The van der Waals surface area contributed by atoms with Crippen LogP contribution in [0, 0.1) is 6.92 Å². The molecular formula is C19H15Cl2N3O3S. The molecule has 0 aliphatic carbocycles. The van der Waals surface area contributed by atoms with Crippen LogP contribution in [0.1, 0.15) is 27.9 Å². The predicted octanol–water partition coefficient (Wildman–Crippen LogP) is 4.20. The number of hydrogen-bond acceptors (Lipinski definition) is 6. The second-order valence-corrected chi connectivity index (χ2v) is 8.07. The summed E-state index contributed by atoms with van der Waals surface area (Å²) in [5.41, 5.74) is 1.71. The van der Waals surface area contributed by atoms with Crippen molar-refractivity contribution >= 4 is 58.0 Å². The molecule has 0 bridgehead atoms. The minimum absolute atomic E-state index is 0.0122. The second kappa shape index (κ2) is 8.77. The van der Waals surface area contributed by atoms with Crippen molar-refractivity contribution in [3.63, 3.8) is 0 Å². The Morgan fingerprint density at radius 3 is 2.82 bits per heavy atom. The van der Waals surface area contributed by atoms with E-state index >= 15 is 0 Å². The van der Waals surface area contributed by atoms with Crippen LogP contribution in [0.25, 0.3) is 0 Å². The van der Waals surface area contributed by atoms with Crippen molar-refractivity contribution in [3.8, 4) is 5.75 Å². The van der Waals surface area contributed by atoms with Gasteiger partial charge in [0.1, 0.15) is 5.75 Å². The molecule has 1 saturated heterocycles. The quantitative estimate of drug-likeness (QED) is 0.418. The number of phenolic OH excluding ortho intramolecular Hbond substituents is 1. The first-order valence-electron chi connectivity index (χ1n) is 8.20. The van der Waals surface area contributed by atoms with Gasteiger partial charge in [-0.05, 0) is 48.9 Å². The van der Waals surface area contributed by atoms with Gasteiger partial charge in [-0.1, -0.05) is 35.0 Å². The standard InChI is InChI=1S/C19H15Cl2N3O3S/c1-10-6-11(2-4-14(10)21)16(26)8-17-18(27)23-19(28-17)24-22-9-12-7-13(20)3-5-15(12)25/h2-7,9,17,25H,8H2,1H3,(H,23,24,27)/b22-9+. The number of amidine groups is 1. The van der Waals surface area contributed by atoms with Crippen molar-refractivity contribution in [1.82, 2.24) is 5.32 Å². The molecule has 2 aromatic rings. The summed E-state index contributed by atoms with van der Waals surface area (Å²) >= 11 is 13.0. The van der Waals surface area contributed by atoms with Crippen molar-refractivity contribution < 1.29 is 14.7 Å². The first-order valence-corrected chi connectivity index (χ1v) is 9.83. The third-order valence-corrected chi connectivity index (χ3v) is 5.69. The zero-order valence-corrected chi connectivity index (χ0v) is 17.0. The molecule has 1 aliphatic heterocycles. The lowest BCUT2D eigenvalue weighted by Gasteiger charge is -2.06. The summed E-state index contributed by atoms with van der Waals surface area (Å²) in [7, 11) is 0. The molecule has 0 radical (unpaired) electrons. The van der Waals surface area contributed by atoms with Crippen molar-refractivity contribution in [2.45, 2.75) is 18.6 Å². The Labute approximate surface area is 175 Å². The maximum Gasteiger partial charge on any atom is 0.240 e. The number of benzene rings is 2. The molecule has 9 heteroatoms. The van der Waals surface area contributed by atoms with Crippen LogP contribution in [0.15, 0.2) is 46.6 Å². The molecular weight excluding hydrogens is 421 g/mol. The third-order valence-electron chi connectivity index (χ3n) is 3.96. The van der Waals surface area contributed by atoms with Gasteiger partial charge in [0.2, 0.25) is 5.91 Å². The van der Waals surface area contributed by atoms with E-state index in [2.05, 4.69) is 15.5 Å². The lowest BCUT2D eigenvalue weighted by atomic mass is 10.0. The van der Waals surface area contributed by atoms with Crippen LogP contribution in [-0.4, -0.2) is 33.4 Å². The Morgan fingerprint density at radius 2 is 2.07 bits per heavy atom. The molecule has 2 N–H and O–H groups in total. The van der Waals surface area contributed by atoms with Crippen LogP contribution in [0.3, 0.4) is 0 Å². The molecule has 0 saturated carbocycles. The summed E-state index contributed by atoms with van der Waals surface area (Å²) < 4.78 is 0. The van der Waals surface area contributed by atoms with Gasteiger partial charge >= 0.3 is 0 Å². The monoisotopic (exact) mass is 435 g/mol. The zero-order valence-electron chi connectivity index (χ0n) is 14.6. The summed E-state index contributed by atoms with van der Waals surface area (Å²) in [6.45, 7) is 1.82. The molecule has 1 aliphatic rings. The number of aromatic hydroxyl groups is 1.